The Balaban J connectivity index is 2.26. The summed E-state index contributed by atoms with van der Waals surface area (Å²) in [5.41, 5.74) is 0. The highest BCUT2D eigenvalue weighted by Crippen LogP contribution is 2.39. The quantitative estimate of drug-likeness (QED) is 0.718. The van der Waals surface area contributed by atoms with Crippen LogP contribution in [0.25, 0.3) is 0 Å². The lowest BCUT2D eigenvalue weighted by molar-refractivity contribution is -0.185. The van der Waals surface area contributed by atoms with Gasteiger partial charge in [0.2, 0.25) is 0 Å². The highest BCUT2D eigenvalue weighted by Gasteiger charge is 2.41. The Hall–Kier alpha value is -0.740. The largest absolute Gasteiger partial charge is 0.465 e. The van der Waals surface area contributed by atoms with E-state index >= 15 is 0 Å². The molecule has 0 atom stereocenters. The second-order valence-corrected chi connectivity index (χ2v) is 5.04. The van der Waals surface area contributed by atoms with Crippen molar-refractivity contribution in [3.63, 3.8) is 0 Å². The molecule has 0 aliphatic heterocycles. The number of hydrogen-bond donors (Lipinski definition) is 0. The molecule has 0 unspecified atom stereocenters. The predicted molar refractivity (Wildman–Crippen MR) is 57.3 cm³/mol. The molecule has 0 amide bonds. The number of carbonyl (C=O) groups is 1. The van der Waals surface area contributed by atoms with E-state index in [1.807, 2.05) is 0 Å². The van der Waals surface area contributed by atoms with E-state index in [2.05, 4.69) is 0 Å². The third-order valence-electron chi connectivity index (χ3n) is 3.24. The van der Waals surface area contributed by atoms with E-state index in [-0.39, 0.29) is 37.3 Å². The first-order chi connectivity index (χ1) is 7.80. The molecule has 0 bridgehead atoms. The molecular weight excluding hydrogens is 233 g/mol. The lowest BCUT2D eigenvalue weighted by atomic mass is 9.82. The zero-order chi connectivity index (χ0) is 13.1. The molecule has 0 aromatic carbocycles. The van der Waals surface area contributed by atoms with Gasteiger partial charge in [-0.1, -0.05) is 13.8 Å². The second-order valence-electron chi connectivity index (χ2n) is 5.04. The van der Waals surface area contributed by atoms with Crippen LogP contribution in [0.3, 0.4) is 0 Å². The van der Waals surface area contributed by atoms with Gasteiger partial charge in [0.25, 0.3) is 0 Å². The maximum atomic E-state index is 12.4. The topological polar surface area (TPSA) is 26.3 Å². The summed E-state index contributed by atoms with van der Waals surface area (Å²) >= 11 is 0. The van der Waals surface area contributed by atoms with Gasteiger partial charge in [0.1, 0.15) is 0 Å². The Bertz CT molecular complexity index is 253. The number of carbonyl (C=O) groups excluding carboxylic acids is 1. The van der Waals surface area contributed by atoms with Crippen LogP contribution in [-0.2, 0) is 9.53 Å². The first kappa shape index (κ1) is 14.3. The fourth-order valence-corrected chi connectivity index (χ4v) is 2.02. The van der Waals surface area contributed by atoms with Crippen molar-refractivity contribution in [2.45, 2.75) is 45.7 Å². The Morgan fingerprint density at radius 1 is 1.24 bits per heavy atom. The van der Waals surface area contributed by atoms with Gasteiger partial charge in [0.05, 0.1) is 18.4 Å². The van der Waals surface area contributed by atoms with Crippen molar-refractivity contribution in [2.24, 2.45) is 17.8 Å². The zero-order valence-electron chi connectivity index (χ0n) is 10.2. The Morgan fingerprint density at radius 2 is 1.76 bits per heavy atom. The van der Waals surface area contributed by atoms with Gasteiger partial charge in [0, 0.05) is 0 Å². The van der Waals surface area contributed by atoms with Crippen molar-refractivity contribution in [1.29, 1.82) is 0 Å². The van der Waals surface area contributed by atoms with Gasteiger partial charge in [-0.15, -0.1) is 0 Å². The van der Waals surface area contributed by atoms with Crippen molar-refractivity contribution in [3.8, 4) is 0 Å². The van der Waals surface area contributed by atoms with Crippen molar-refractivity contribution in [1.82, 2.24) is 0 Å². The molecule has 2 nitrogen and oxygen atoms in total. The van der Waals surface area contributed by atoms with E-state index in [1.165, 1.54) is 0 Å². The molecule has 0 N–H and O–H groups in total. The number of rotatable bonds is 3. The maximum absolute atomic E-state index is 12.4. The standard InChI is InChI=1S/C12H19F3O2/c1-8(2)11(16)17-7-9-3-5-10(6-4-9)12(13,14)15/h8-10H,3-7H2,1-2H3. The van der Waals surface area contributed by atoms with Gasteiger partial charge >= 0.3 is 12.1 Å². The van der Waals surface area contributed by atoms with Crippen LogP contribution in [0.1, 0.15) is 39.5 Å². The monoisotopic (exact) mass is 252 g/mol. The number of hydrogen-bond acceptors (Lipinski definition) is 2. The molecule has 0 aromatic heterocycles. The first-order valence-electron chi connectivity index (χ1n) is 6.04. The highest BCUT2D eigenvalue weighted by molar-refractivity contribution is 5.71. The molecule has 17 heavy (non-hydrogen) atoms. The Kier molecular flexibility index (Phi) is 4.83. The summed E-state index contributed by atoms with van der Waals surface area (Å²) in [6.45, 7) is 3.74. The summed E-state index contributed by atoms with van der Waals surface area (Å²) in [7, 11) is 0. The summed E-state index contributed by atoms with van der Waals surface area (Å²) in [5, 5.41) is 0. The minimum absolute atomic E-state index is 0.0938. The number of halogens is 3. The van der Waals surface area contributed by atoms with Crippen molar-refractivity contribution in [3.05, 3.63) is 0 Å². The molecule has 1 aliphatic rings. The van der Waals surface area contributed by atoms with Crippen LogP contribution in [0.5, 0.6) is 0 Å². The van der Waals surface area contributed by atoms with Crippen LogP contribution >= 0.6 is 0 Å². The lowest BCUT2D eigenvalue weighted by Gasteiger charge is -2.29. The molecular formula is C12H19F3O2. The summed E-state index contributed by atoms with van der Waals surface area (Å²) < 4.78 is 42.3. The Labute approximate surface area is 99.5 Å². The molecule has 0 heterocycles. The van der Waals surface area contributed by atoms with Gasteiger partial charge in [-0.3, -0.25) is 4.79 Å². The van der Waals surface area contributed by atoms with E-state index in [0.29, 0.717) is 12.8 Å². The molecule has 1 aliphatic carbocycles. The van der Waals surface area contributed by atoms with Crippen LogP contribution in [0.2, 0.25) is 0 Å². The first-order valence-corrected chi connectivity index (χ1v) is 6.04. The number of alkyl halides is 3. The van der Waals surface area contributed by atoms with Crippen LogP contribution in [-0.4, -0.2) is 18.8 Å². The van der Waals surface area contributed by atoms with Crippen molar-refractivity contribution < 1.29 is 22.7 Å². The van der Waals surface area contributed by atoms with Gasteiger partial charge < -0.3 is 4.74 Å². The highest BCUT2D eigenvalue weighted by atomic mass is 19.4. The lowest BCUT2D eigenvalue weighted by Crippen LogP contribution is -2.29. The SMILES string of the molecule is CC(C)C(=O)OCC1CCC(C(F)(F)F)CC1. The van der Waals surface area contributed by atoms with E-state index in [4.69, 9.17) is 4.74 Å². The molecule has 100 valence electrons. The third-order valence-corrected chi connectivity index (χ3v) is 3.24. The zero-order valence-corrected chi connectivity index (χ0v) is 10.2. The second kappa shape index (κ2) is 5.74. The smallest absolute Gasteiger partial charge is 0.391 e. The van der Waals surface area contributed by atoms with Crippen LogP contribution in [0.15, 0.2) is 0 Å². The molecule has 1 rings (SSSR count). The minimum atomic E-state index is -4.07. The molecule has 0 spiro atoms. The summed E-state index contributed by atoms with van der Waals surface area (Å²) in [5.74, 6) is -1.53. The minimum Gasteiger partial charge on any atom is -0.465 e. The maximum Gasteiger partial charge on any atom is 0.391 e. The van der Waals surface area contributed by atoms with Gasteiger partial charge in [-0.05, 0) is 31.6 Å². The summed E-state index contributed by atoms with van der Waals surface area (Å²) in [6.07, 6.45) is -2.76. The molecule has 1 fully saturated rings. The van der Waals surface area contributed by atoms with Crippen LogP contribution in [0.4, 0.5) is 13.2 Å². The van der Waals surface area contributed by atoms with Gasteiger partial charge in [-0.25, -0.2) is 0 Å². The predicted octanol–water partition coefficient (Wildman–Crippen LogP) is 3.55. The fraction of sp³-hybridized carbons (Fsp3) is 0.917. The molecule has 0 saturated heterocycles. The molecule has 0 aromatic rings. The van der Waals surface area contributed by atoms with Gasteiger partial charge in [-0.2, -0.15) is 13.2 Å². The van der Waals surface area contributed by atoms with E-state index in [9.17, 15) is 18.0 Å². The number of ether oxygens (including phenoxy) is 1. The van der Waals surface area contributed by atoms with Crippen molar-refractivity contribution >= 4 is 5.97 Å². The average Bonchev–Trinajstić information content (AvgIpc) is 2.25. The van der Waals surface area contributed by atoms with Crippen LogP contribution < -0.4 is 0 Å². The summed E-state index contributed by atoms with van der Waals surface area (Å²) in [4.78, 5) is 11.2. The average molecular weight is 252 g/mol. The van der Waals surface area contributed by atoms with Crippen molar-refractivity contribution in [2.75, 3.05) is 6.61 Å². The van der Waals surface area contributed by atoms with E-state index in [1.54, 1.807) is 13.8 Å². The third kappa shape index (κ3) is 4.56. The van der Waals surface area contributed by atoms with E-state index in [0.717, 1.165) is 0 Å². The van der Waals surface area contributed by atoms with E-state index < -0.39 is 12.1 Å². The summed E-state index contributed by atoms with van der Waals surface area (Å²) in [6, 6.07) is 0. The van der Waals surface area contributed by atoms with Crippen LogP contribution in [0, 0.1) is 17.8 Å². The Morgan fingerprint density at radius 3 is 2.18 bits per heavy atom. The number of esters is 1. The molecule has 0 radical (unpaired) electrons. The molecule has 1 saturated carbocycles. The molecule has 5 heteroatoms. The van der Waals surface area contributed by atoms with Gasteiger partial charge in [0.15, 0.2) is 0 Å². The normalized spacial score (nSPS) is 26.0. The fourth-order valence-electron chi connectivity index (χ4n) is 2.02.